The molecule has 4 aliphatic rings. The molecule has 1 N–H and O–H groups in total. The highest BCUT2D eigenvalue weighted by atomic mass is 16.5. The summed E-state index contributed by atoms with van der Waals surface area (Å²) in [5.74, 6) is 3.63. The zero-order valence-electron chi connectivity index (χ0n) is 14.2. The molecule has 4 aliphatic carbocycles. The van der Waals surface area contributed by atoms with E-state index in [1.165, 1.54) is 38.5 Å². The number of hydrogen-bond acceptors (Lipinski definition) is 2. The molecule has 0 atom stereocenters. The van der Waals surface area contributed by atoms with Crippen LogP contribution in [0.4, 0.5) is 0 Å². The predicted octanol–water partition coefficient (Wildman–Crippen LogP) is 3.63. The second-order valence-electron chi connectivity index (χ2n) is 8.23. The normalized spacial score (nSPS) is 34.4. The highest BCUT2D eigenvalue weighted by Gasteiger charge is 2.51. The molecule has 4 saturated carbocycles. The number of rotatable bonds is 4. The smallest absolute Gasteiger partial charge is 0.224 e. The first-order valence-corrected chi connectivity index (χ1v) is 9.00. The van der Waals surface area contributed by atoms with Crippen molar-refractivity contribution in [2.75, 3.05) is 7.11 Å². The van der Waals surface area contributed by atoms with Crippen LogP contribution >= 0.6 is 0 Å². The molecule has 3 nitrogen and oxygen atoms in total. The SMILES string of the molecule is COc1cc(CC(=O)NC23CC4CC(CC(C4)C2)C3)ccc1C. The summed E-state index contributed by atoms with van der Waals surface area (Å²) in [6.45, 7) is 2.03. The lowest BCUT2D eigenvalue weighted by Gasteiger charge is -2.56. The van der Waals surface area contributed by atoms with E-state index in [1.807, 2.05) is 25.1 Å². The number of benzene rings is 1. The van der Waals surface area contributed by atoms with Crippen molar-refractivity contribution < 1.29 is 9.53 Å². The van der Waals surface area contributed by atoms with E-state index >= 15 is 0 Å². The third-order valence-electron chi connectivity index (χ3n) is 6.28. The molecule has 0 heterocycles. The van der Waals surface area contributed by atoms with Crippen molar-refractivity contribution in [1.29, 1.82) is 0 Å². The van der Waals surface area contributed by atoms with Crippen molar-refractivity contribution >= 4 is 5.91 Å². The Morgan fingerprint density at radius 2 is 1.78 bits per heavy atom. The highest BCUT2D eigenvalue weighted by Crippen LogP contribution is 2.55. The van der Waals surface area contributed by atoms with Gasteiger partial charge in [-0.1, -0.05) is 12.1 Å². The van der Waals surface area contributed by atoms with Gasteiger partial charge in [0.15, 0.2) is 0 Å². The van der Waals surface area contributed by atoms with Crippen LogP contribution in [-0.4, -0.2) is 18.6 Å². The molecule has 3 heteroatoms. The van der Waals surface area contributed by atoms with Gasteiger partial charge in [0.2, 0.25) is 5.91 Å². The van der Waals surface area contributed by atoms with Gasteiger partial charge in [-0.15, -0.1) is 0 Å². The molecule has 0 unspecified atom stereocenters. The Morgan fingerprint density at radius 3 is 2.35 bits per heavy atom. The fraction of sp³-hybridized carbons (Fsp3) is 0.650. The topological polar surface area (TPSA) is 38.3 Å². The van der Waals surface area contributed by atoms with Crippen LogP contribution in [0.15, 0.2) is 18.2 Å². The summed E-state index contributed by atoms with van der Waals surface area (Å²) >= 11 is 0. The lowest BCUT2D eigenvalue weighted by atomic mass is 9.53. The molecule has 23 heavy (non-hydrogen) atoms. The lowest BCUT2D eigenvalue weighted by Crippen LogP contribution is -2.60. The monoisotopic (exact) mass is 313 g/mol. The van der Waals surface area contributed by atoms with Gasteiger partial charge in [0.25, 0.3) is 0 Å². The van der Waals surface area contributed by atoms with Crippen LogP contribution in [0.25, 0.3) is 0 Å². The fourth-order valence-electron chi connectivity index (χ4n) is 5.76. The average molecular weight is 313 g/mol. The number of ether oxygens (including phenoxy) is 1. The molecule has 0 aromatic heterocycles. The molecular formula is C20H27NO2. The van der Waals surface area contributed by atoms with Crippen molar-refractivity contribution in [1.82, 2.24) is 5.32 Å². The number of nitrogens with one attached hydrogen (secondary N) is 1. The van der Waals surface area contributed by atoms with Crippen LogP contribution in [0.5, 0.6) is 5.75 Å². The van der Waals surface area contributed by atoms with Gasteiger partial charge in [-0.3, -0.25) is 4.79 Å². The van der Waals surface area contributed by atoms with Gasteiger partial charge in [0.1, 0.15) is 5.75 Å². The van der Waals surface area contributed by atoms with Crippen molar-refractivity contribution in [2.24, 2.45) is 17.8 Å². The fourth-order valence-corrected chi connectivity index (χ4v) is 5.76. The maximum atomic E-state index is 12.6. The molecule has 0 spiro atoms. The van der Waals surface area contributed by atoms with Crippen LogP contribution in [0.2, 0.25) is 0 Å². The Labute approximate surface area is 138 Å². The molecule has 1 aromatic rings. The Morgan fingerprint density at radius 1 is 1.17 bits per heavy atom. The predicted molar refractivity (Wildman–Crippen MR) is 90.5 cm³/mol. The van der Waals surface area contributed by atoms with E-state index in [2.05, 4.69) is 5.32 Å². The maximum Gasteiger partial charge on any atom is 0.224 e. The van der Waals surface area contributed by atoms with Gasteiger partial charge in [0, 0.05) is 5.54 Å². The van der Waals surface area contributed by atoms with Crippen LogP contribution in [-0.2, 0) is 11.2 Å². The Kier molecular flexibility index (Phi) is 3.62. The Hall–Kier alpha value is -1.51. The molecule has 4 bridgehead atoms. The van der Waals surface area contributed by atoms with Crippen LogP contribution < -0.4 is 10.1 Å². The van der Waals surface area contributed by atoms with Gasteiger partial charge in [-0.25, -0.2) is 0 Å². The second-order valence-corrected chi connectivity index (χ2v) is 8.23. The third kappa shape index (κ3) is 2.86. The largest absolute Gasteiger partial charge is 0.496 e. The van der Waals surface area contributed by atoms with E-state index in [9.17, 15) is 4.79 Å². The average Bonchev–Trinajstić information content (AvgIpc) is 2.47. The first-order chi connectivity index (χ1) is 11.0. The van der Waals surface area contributed by atoms with Crippen molar-refractivity contribution in [3.05, 3.63) is 29.3 Å². The number of methoxy groups -OCH3 is 1. The zero-order chi connectivity index (χ0) is 16.0. The molecule has 1 aromatic carbocycles. The van der Waals surface area contributed by atoms with E-state index in [0.717, 1.165) is 34.6 Å². The van der Waals surface area contributed by atoms with Gasteiger partial charge in [-0.05, 0) is 80.4 Å². The van der Waals surface area contributed by atoms with Crippen LogP contribution in [0.3, 0.4) is 0 Å². The van der Waals surface area contributed by atoms with Crippen molar-refractivity contribution in [2.45, 2.75) is 57.4 Å². The van der Waals surface area contributed by atoms with Crippen LogP contribution in [0.1, 0.15) is 49.7 Å². The molecule has 0 aliphatic heterocycles. The number of hydrogen-bond donors (Lipinski definition) is 1. The van der Waals surface area contributed by atoms with Crippen molar-refractivity contribution in [3.63, 3.8) is 0 Å². The standard InChI is InChI=1S/C20H27NO2/c1-13-3-4-14(8-18(13)23-2)9-19(22)21-20-10-15-5-16(11-20)7-17(6-15)12-20/h3-4,8,15-17H,5-7,9-12H2,1-2H3,(H,21,22). The Balaban J connectivity index is 1.44. The van der Waals surface area contributed by atoms with E-state index < -0.39 is 0 Å². The van der Waals surface area contributed by atoms with Gasteiger partial charge < -0.3 is 10.1 Å². The minimum atomic E-state index is 0.112. The van der Waals surface area contributed by atoms with Gasteiger partial charge in [0.05, 0.1) is 13.5 Å². The van der Waals surface area contributed by atoms with E-state index in [0.29, 0.717) is 6.42 Å². The number of carbonyl (C=O) groups is 1. The molecule has 1 amide bonds. The molecule has 124 valence electrons. The molecule has 0 radical (unpaired) electrons. The lowest BCUT2D eigenvalue weighted by molar-refractivity contribution is -0.126. The van der Waals surface area contributed by atoms with E-state index in [1.54, 1.807) is 7.11 Å². The number of aryl methyl sites for hydroxylation is 1. The summed E-state index contributed by atoms with van der Waals surface area (Å²) in [7, 11) is 1.68. The second kappa shape index (κ2) is 5.54. The summed E-state index contributed by atoms with van der Waals surface area (Å²) < 4.78 is 5.37. The molecular weight excluding hydrogens is 286 g/mol. The zero-order valence-corrected chi connectivity index (χ0v) is 14.2. The minimum Gasteiger partial charge on any atom is -0.496 e. The summed E-state index contributed by atoms with van der Waals surface area (Å²) in [4.78, 5) is 12.6. The van der Waals surface area contributed by atoms with Gasteiger partial charge >= 0.3 is 0 Å². The van der Waals surface area contributed by atoms with E-state index in [-0.39, 0.29) is 11.4 Å². The summed E-state index contributed by atoms with van der Waals surface area (Å²) in [5, 5.41) is 3.45. The third-order valence-corrected chi connectivity index (χ3v) is 6.28. The first-order valence-electron chi connectivity index (χ1n) is 9.00. The maximum absolute atomic E-state index is 12.6. The number of amides is 1. The molecule has 4 fully saturated rings. The number of carbonyl (C=O) groups excluding carboxylic acids is 1. The van der Waals surface area contributed by atoms with Gasteiger partial charge in [-0.2, -0.15) is 0 Å². The van der Waals surface area contributed by atoms with E-state index in [4.69, 9.17) is 4.74 Å². The molecule has 0 saturated heterocycles. The minimum absolute atomic E-state index is 0.112. The van der Waals surface area contributed by atoms with Crippen LogP contribution in [0, 0.1) is 24.7 Å². The summed E-state index contributed by atoms with van der Waals surface area (Å²) in [6, 6.07) is 6.07. The Bertz CT molecular complexity index is 587. The summed E-state index contributed by atoms with van der Waals surface area (Å²) in [5.41, 5.74) is 2.26. The highest BCUT2D eigenvalue weighted by molar-refractivity contribution is 5.79. The molecule has 5 rings (SSSR count). The quantitative estimate of drug-likeness (QED) is 0.922. The summed E-state index contributed by atoms with van der Waals surface area (Å²) in [6.07, 6.45) is 8.31. The van der Waals surface area contributed by atoms with Crippen molar-refractivity contribution in [3.8, 4) is 5.75 Å². The first kappa shape index (κ1) is 15.0.